The summed E-state index contributed by atoms with van der Waals surface area (Å²) in [6.45, 7) is 4.98. The van der Waals surface area contributed by atoms with E-state index in [9.17, 15) is 4.79 Å². The van der Waals surface area contributed by atoms with E-state index in [1.54, 1.807) is 18.6 Å². The van der Waals surface area contributed by atoms with Crippen molar-refractivity contribution < 1.29 is 4.79 Å². The molecule has 2 aromatic heterocycles. The Balaban J connectivity index is 1.83. The molecular weight excluding hydrogens is 276 g/mol. The first-order chi connectivity index (χ1) is 10.5. The third kappa shape index (κ3) is 4.93. The molecule has 1 unspecified atom stereocenters. The van der Waals surface area contributed by atoms with Gasteiger partial charge < -0.3 is 5.32 Å². The lowest BCUT2D eigenvalue weighted by Crippen LogP contribution is -2.36. The topological polar surface area (TPSA) is 58.1 Å². The maximum atomic E-state index is 12.1. The Morgan fingerprint density at radius 1 is 1.27 bits per heavy atom. The van der Waals surface area contributed by atoms with E-state index in [4.69, 9.17) is 0 Å². The van der Waals surface area contributed by atoms with Crippen LogP contribution in [0.15, 0.2) is 42.9 Å². The molecule has 0 aliphatic carbocycles. The third-order valence-corrected chi connectivity index (χ3v) is 3.43. The minimum Gasteiger partial charge on any atom is -0.348 e. The van der Waals surface area contributed by atoms with Crippen molar-refractivity contribution in [2.24, 2.45) is 0 Å². The van der Waals surface area contributed by atoms with Crippen LogP contribution >= 0.6 is 0 Å². The van der Waals surface area contributed by atoms with Crippen LogP contribution in [0.1, 0.15) is 29.8 Å². The van der Waals surface area contributed by atoms with Gasteiger partial charge >= 0.3 is 0 Å². The summed E-state index contributed by atoms with van der Waals surface area (Å²) in [6, 6.07) is 7.81. The van der Waals surface area contributed by atoms with Gasteiger partial charge in [-0.05, 0) is 50.2 Å². The standard InChI is InChI=1S/C17H22N4O/c1-13-4-5-16(10-19-13)14(2)20-17(22)12-21(3)11-15-6-8-18-9-7-15/h4-10,14H,11-12H2,1-3H3,(H,20,22). The van der Waals surface area contributed by atoms with Crippen LogP contribution in [0.25, 0.3) is 0 Å². The number of amides is 1. The van der Waals surface area contributed by atoms with Crippen molar-refractivity contribution >= 4 is 5.91 Å². The number of nitrogens with zero attached hydrogens (tertiary/aromatic N) is 3. The van der Waals surface area contributed by atoms with Crippen LogP contribution in [0.3, 0.4) is 0 Å². The first kappa shape index (κ1) is 16.1. The number of rotatable bonds is 6. The van der Waals surface area contributed by atoms with Gasteiger partial charge in [0.25, 0.3) is 0 Å². The zero-order valence-corrected chi connectivity index (χ0v) is 13.3. The molecule has 116 valence electrons. The summed E-state index contributed by atoms with van der Waals surface area (Å²) in [5.74, 6) is 0.00429. The number of nitrogens with one attached hydrogen (secondary N) is 1. The average molecular weight is 298 g/mol. The Hall–Kier alpha value is -2.27. The SMILES string of the molecule is Cc1ccc(C(C)NC(=O)CN(C)Cc2ccncc2)cn1. The highest BCUT2D eigenvalue weighted by Crippen LogP contribution is 2.11. The van der Waals surface area contributed by atoms with Crippen LogP contribution in [-0.2, 0) is 11.3 Å². The Bertz CT molecular complexity index is 598. The zero-order valence-electron chi connectivity index (χ0n) is 13.3. The van der Waals surface area contributed by atoms with Crippen LogP contribution in [-0.4, -0.2) is 34.4 Å². The molecule has 2 heterocycles. The predicted octanol–water partition coefficient (Wildman–Crippen LogP) is 2.09. The highest BCUT2D eigenvalue weighted by atomic mass is 16.2. The van der Waals surface area contributed by atoms with Gasteiger partial charge in [0, 0.05) is 30.8 Å². The van der Waals surface area contributed by atoms with Crippen LogP contribution < -0.4 is 5.32 Å². The van der Waals surface area contributed by atoms with E-state index in [1.807, 2.05) is 50.1 Å². The molecule has 22 heavy (non-hydrogen) atoms. The summed E-state index contributed by atoms with van der Waals surface area (Å²) >= 11 is 0. The molecule has 0 aromatic carbocycles. The maximum absolute atomic E-state index is 12.1. The van der Waals surface area contributed by atoms with E-state index in [0.717, 1.165) is 23.4 Å². The first-order valence-corrected chi connectivity index (χ1v) is 7.34. The van der Waals surface area contributed by atoms with E-state index < -0.39 is 0 Å². The van der Waals surface area contributed by atoms with Gasteiger partial charge in [0.2, 0.25) is 5.91 Å². The lowest BCUT2D eigenvalue weighted by Gasteiger charge is -2.19. The number of hydrogen-bond donors (Lipinski definition) is 1. The highest BCUT2D eigenvalue weighted by molar-refractivity contribution is 5.78. The van der Waals surface area contributed by atoms with E-state index >= 15 is 0 Å². The molecule has 5 nitrogen and oxygen atoms in total. The Kier molecular flexibility index (Phi) is 5.61. The summed E-state index contributed by atoms with van der Waals surface area (Å²) in [5, 5.41) is 3.00. The van der Waals surface area contributed by atoms with Gasteiger partial charge in [-0.15, -0.1) is 0 Å². The van der Waals surface area contributed by atoms with Gasteiger partial charge in [0.05, 0.1) is 12.6 Å². The number of pyridine rings is 2. The Labute approximate surface area is 131 Å². The molecule has 0 bridgehead atoms. The molecule has 0 spiro atoms. The van der Waals surface area contributed by atoms with Gasteiger partial charge in [-0.2, -0.15) is 0 Å². The van der Waals surface area contributed by atoms with Gasteiger partial charge in [-0.1, -0.05) is 6.07 Å². The third-order valence-electron chi connectivity index (χ3n) is 3.43. The molecule has 1 atom stereocenters. The second-order valence-corrected chi connectivity index (χ2v) is 5.55. The van der Waals surface area contributed by atoms with Crippen LogP contribution in [0.2, 0.25) is 0 Å². The second-order valence-electron chi connectivity index (χ2n) is 5.55. The lowest BCUT2D eigenvalue weighted by molar-refractivity contribution is -0.122. The van der Waals surface area contributed by atoms with E-state index in [-0.39, 0.29) is 11.9 Å². The number of hydrogen-bond acceptors (Lipinski definition) is 4. The van der Waals surface area contributed by atoms with Crippen molar-refractivity contribution in [1.29, 1.82) is 0 Å². The Morgan fingerprint density at radius 3 is 2.64 bits per heavy atom. The summed E-state index contributed by atoms with van der Waals surface area (Å²) in [5.41, 5.74) is 3.12. The molecule has 0 aliphatic rings. The molecule has 0 saturated heterocycles. The molecule has 0 radical (unpaired) electrons. The van der Waals surface area contributed by atoms with Crippen molar-refractivity contribution in [2.45, 2.75) is 26.4 Å². The van der Waals surface area contributed by atoms with Crippen molar-refractivity contribution in [2.75, 3.05) is 13.6 Å². The molecule has 0 saturated carbocycles. The van der Waals surface area contributed by atoms with Crippen molar-refractivity contribution in [1.82, 2.24) is 20.2 Å². The van der Waals surface area contributed by atoms with Gasteiger partial charge in [-0.25, -0.2) is 0 Å². The smallest absolute Gasteiger partial charge is 0.234 e. The van der Waals surface area contributed by atoms with Crippen molar-refractivity contribution in [3.63, 3.8) is 0 Å². The molecule has 1 N–H and O–H groups in total. The van der Waals surface area contributed by atoms with Crippen LogP contribution in [0.5, 0.6) is 0 Å². The molecule has 2 rings (SSSR count). The maximum Gasteiger partial charge on any atom is 0.234 e. The largest absolute Gasteiger partial charge is 0.348 e. The fraction of sp³-hybridized carbons (Fsp3) is 0.353. The lowest BCUT2D eigenvalue weighted by atomic mass is 10.1. The summed E-state index contributed by atoms with van der Waals surface area (Å²) < 4.78 is 0. The van der Waals surface area contributed by atoms with E-state index in [0.29, 0.717) is 6.54 Å². The Morgan fingerprint density at radius 2 is 2.00 bits per heavy atom. The van der Waals surface area contributed by atoms with Crippen LogP contribution in [0, 0.1) is 6.92 Å². The fourth-order valence-electron chi connectivity index (χ4n) is 2.21. The monoisotopic (exact) mass is 298 g/mol. The van der Waals surface area contributed by atoms with E-state index in [2.05, 4.69) is 15.3 Å². The average Bonchev–Trinajstić information content (AvgIpc) is 2.48. The molecule has 2 aromatic rings. The van der Waals surface area contributed by atoms with Crippen molar-refractivity contribution in [3.8, 4) is 0 Å². The number of aryl methyl sites for hydroxylation is 1. The molecule has 0 fully saturated rings. The van der Waals surface area contributed by atoms with Crippen LogP contribution in [0.4, 0.5) is 0 Å². The summed E-state index contributed by atoms with van der Waals surface area (Å²) in [7, 11) is 1.93. The normalized spacial score (nSPS) is 12.2. The second kappa shape index (κ2) is 7.66. The molecular formula is C17H22N4O. The van der Waals surface area contributed by atoms with Gasteiger partial charge in [0.15, 0.2) is 0 Å². The minimum atomic E-state index is -0.0464. The number of carbonyl (C=O) groups excluding carboxylic acids is 1. The van der Waals surface area contributed by atoms with E-state index in [1.165, 1.54) is 0 Å². The number of carbonyl (C=O) groups is 1. The summed E-state index contributed by atoms with van der Waals surface area (Å²) in [4.78, 5) is 22.3. The molecule has 1 amide bonds. The number of likely N-dealkylation sites (N-methyl/N-ethyl adjacent to an activating group) is 1. The first-order valence-electron chi connectivity index (χ1n) is 7.34. The number of aromatic nitrogens is 2. The predicted molar refractivity (Wildman–Crippen MR) is 86.1 cm³/mol. The molecule has 5 heteroatoms. The quantitative estimate of drug-likeness (QED) is 0.887. The highest BCUT2D eigenvalue weighted by Gasteiger charge is 2.12. The zero-order chi connectivity index (χ0) is 15.9. The molecule has 0 aliphatic heterocycles. The summed E-state index contributed by atoms with van der Waals surface area (Å²) in [6.07, 6.45) is 5.33. The fourth-order valence-corrected chi connectivity index (χ4v) is 2.21. The van der Waals surface area contributed by atoms with Crippen molar-refractivity contribution in [3.05, 3.63) is 59.7 Å². The van der Waals surface area contributed by atoms with Gasteiger partial charge in [-0.3, -0.25) is 19.7 Å². The minimum absolute atomic E-state index is 0.00429. The van der Waals surface area contributed by atoms with Gasteiger partial charge in [0.1, 0.15) is 0 Å².